The minimum atomic E-state index is -3.59. The van der Waals surface area contributed by atoms with Gasteiger partial charge in [-0.3, -0.25) is 4.79 Å². The van der Waals surface area contributed by atoms with E-state index in [4.69, 9.17) is 4.74 Å². The second kappa shape index (κ2) is 7.47. The summed E-state index contributed by atoms with van der Waals surface area (Å²) in [4.78, 5) is 14.6. The predicted molar refractivity (Wildman–Crippen MR) is 98.7 cm³/mol. The Hall–Kier alpha value is -2.38. The number of nitrogens with zero attached hydrogens (tertiary/aromatic N) is 2. The molecule has 1 aliphatic heterocycles. The van der Waals surface area contributed by atoms with Crippen molar-refractivity contribution in [2.45, 2.75) is 17.9 Å². The fourth-order valence-corrected chi connectivity index (χ4v) is 4.60. The zero-order chi connectivity index (χ0) is 18.7. The summed E-state index contributed by atoms with van der Waals surface area (Å²) in [7, 11) is -2.06. The number of hydrogen-bond donors (Lipinski definition) is 0. The molecule has 3 rings (SSSR count). The quantitative estimate of drug-likeness (QED) is 0.823. The Balaban J connectivity index is 1.74. The van der Waals surface area contributed by atoms with E-state index in [1.165, 1.54) is 11.4 Å². The van der Waals surface area contributed by atoms with E-state index in [1.54, 1.807) is 41.3 Å². The number of hydrogen-bond acceptors (Lipinski definition) is 4. The number of carbonyl (C=O) groups is 1. The van der Waals surface area contributed by atoms with Crippen LogP contribution in [0.3, 0.4) is 0 Å². The standard InChI is InChI=1S/C19H22N2O4S/c1-15-14-20(26(23,24)18-10-8-17(25-2)9-11-18)12-13-21(15)19(22)16-6-4-3-5-7-16/h3-11,15H,12-14H2,1-2H3/t15-/m0/s1. The molecule has 7 heteroatoms. The molecule has 2 aromatic rings. The van der Waals surface area contributed by atoms with Crippen molar-refractivity contribution in [2.24, 2.45) is 0 Å². The van der Waals surface area contributed by atoms with E-state index in [0.717, 1.165) is 0 Å². The first-order valence-corrected chi connectivity index (χ1v) is 9.87. The van der Waals surface area contributed by atoms with Gasteiger partial charge in [0.05, 0.1) is 12.0 Å². The average Bonchev–Trinajstić information content (AvgIpc) is 2.68. The first-order chi connectivity index (χ1) is 12.4. The predicted octanol–water partition coefficient (Wildman–Crippen LogP) is 2.23. The highest BCUT2D eigenvalue weighted by Crippen LogP contribution is 2.23. The first kappa shape index (κ1) is 18.4. The highest BCUT2D eigenvalue weighted by Gasteiger charge is 2.34. The molecule has 1 saturated heterocycles. The van der Waals surface area contributed by atoms with Gasteiger partial charge in [-0.15, -0.1) is 0 Å². The van der Waals surface area contributed by atoms with E-state index in [9.17, 15) is 13.2 Å². The number of carbonyl (C=O) groups excluding carboxylic acids is 1. The Morgan fingerprint density at radius 3 is 2.27 bits per heavy atom. The first-order valence-electron chi connectivity index (χ1n) is 8.43. The van der Waals surface area contributed by atoms with Crippen LogP contribution >= 0.6 is 0 Å². The van der Waals surface area contributed by atoms with E-state index in [-0.39, 0.29) is 29.9 Å². The van der Waals surface area contributed by atoms with Gasteiger partial charge >= 0.3 is 0 Å². The van der Waals surface area contributed by atoms with Gasteiger partial charge in [0, 0.05) is 31.2 Å². The van der Waals surface area contributed by atoms with Crippen molar-refractivity contribution in [1.29, 1.82) is 0 Å². The van der Waals surface area contributed by atoms with Crippen molar-refractivity contribution < 1.29 is 17.9 Å². The van der Waals surface area contributed by atoms with E-state index < -0.39 is 10.0 Å². The number of rotatable bonds is 4. The summed E-state index contributed by atoms with van der Waals surface area (Å²) in [6.07, 6.45) is 0. The molecule has 0 aromatic heterocycles. The summed E-state index contributed by atoms with van der Waals surface area (Å²) >= 11 is 0. The van der Waals surface area contributed by atoms with Gasteiger partial charge in [-0.1, -0.05) is 18.2 Å². The van der Waals surface area contributed by atoms with Crippen molar-refractivity contribution in [3.63, 3.8) is 0 Å². The summed E-state index contributed by atoms with van der Waals surface area (Å²) in [5, 5.41) is 0. The number of benzene rings is 2. The van der Waals surface area contributed by atoms with Gasteiger partial charge in [0.2, 0.25) is 10.0 Å². The average molecular weight is 374 g/mol. The lowest BCUT2D eigenvalue weighted by atomic mass is 10.1. The van der Waals surface area contributed by atoms with Crippen molar-refractivity contribution in [1.82, 2.24) is 9.21 Å². The summed E-state index contributed by atoms with van der Waals surface area (Å²) < 4.78 is 32.2. The molecule has 138 valence electrons. The van der Waals surface area contributed by atoms with E-state index in [2.05, 4.69) is 0 Å². The Kier molecular flexibility index (Phi) is 5.29. The minimum absolute atomic E-state index is 0.0698. The molecule has 1 amide bonds. The molecule has 6 nitrogen and oxygen atoms in total. The third kappa shape index (κ3) is 3.59. The number of ether oxygens (including phenoxy) is 1. The highest BCUT2D eigenvalue weighted by atomic mass is 32.2. The van der Waals surface area contributed by atoms with Gasteiger partial charge in [-0.2, -0.15) is 4.31 Å². The molecule has 26 heavy (non-hydrogen) atoms. The molecule has 0 radical (unpaired) electrons. The number of piperazine rings is 1. The van der Waals surface area contributed by atoms with Crippen LogP contribution in [0.1, 0.15) is 17.3 Å². The second-order valence-electron chi connectivity index (χ2n) is 6.25. The maximum Gasteiger partial charge on any atom is 0.254 e. The smallest absolute Gasteiger partial charge is 0.254 e. The maximum atomic E-state index is 12.9. The Bertz CT molecular complexity index is 866. The number of methoxy groups -OCH3 is 1. The van der Waals surface area contributed by atoms with E-state index in [1.807, 2.05) is 25.1 Å². The van der Waals surface area contributed by atoms with Crippen molar-refractivity contribution in [3.8, 4) is 5.75 Å². The van der Waals surface area contributed by atoms with E-state index >= 15 is 0 Å². The van der Waals surface area contributed by atoms with Crippen LogP contribution in [-0.4, -0.2) is 56.3 Å². The summed E-state index contributed by atoms with van der Waals surface area (Å²) in [6.45, 7) is 2.78. The zero-order valence-corrected chi connectivity index (χ0v) is 15.6. The van der Waals surface area contributed by atoms with Crippen LogP contribution in [0.2, 0.25) is 0 Å². The van der Waals surface area contributed by atoms with Gasteiger partial charge in [-0.25, -0.2) is 8.42 Å². The molecule has 0 bridgehead atoms. The van der Waals surface area contributed by atoms with Crippen molar-refractivity contribution >= 4 is 15.9 Å². The zero-order valence-electron chi connectivity index (χ0n) is 14.8. The summed E-state index contributed by atoms with van der Waals surface area (Å²) in [6, 6.07) is 15.2. The highest BCUT2D eigenvalue weighted by molar-refractivity contribution is 7.89. The molecule has 0 unspecified atom stereocenters. The fourth-order valence-electron chi connectivity index (χ4n) is 3.09. The van der Waals surface area contributed by atoms with Crippen LogP contribution in [0, 0.1) is 0 Å². The molecule has 1 aliphatic rings. The lowest BCUT2D eigenvalue weighted by Crippen LogP contribution is -2.55. The minimum Gasteiger partial charge on any atom is -0.497 e. The van der Waals surface area contributed by atoms with Gasteiger partial charge < -0.3 is 9.64 Å². The second-order valence-corrected chi connectivity index (χ2v) is 8.19. The normalized spacial score (nSPS) is 18.5. The monoisotopic (exact) mass is 374 g/mol. The van der Waals surface area contributed by atoms with Gasteiger partial charge in [0.25, 0.3) is 5.91 Å². The third-order valence-corrected chi connectivity index (χ3v) is 6.45. The Morgan fingerprint density at radius 1 is 1.04 bits per heavy atom. The molecule has 0 spiro atoms. The van der Waals surface area contributed by atoms with Crippen LogP contribution in [-0.2, 0) is 10.0 Å². The molecule has 0 aliphatic carbocycles. The van der Waals surface area contributed by atoms with Crippen LogP contribution in [0.5, 0.6) is 5.75 Å². The van der Waals surface area contributed by atoms with Crippen LogP contribution in [0.25, 0.3) is 0 Å². The van der Waals surface area contributed by atoms with Gasteiger partial charge in [0.15, 0.2) is 0 Å². The molecule has 0 N–H and O–H groups in total. The molecule has 0 saturated carbocycles. The van der Waals surface area contributed by atoms with Gasteiger partial charge in [0.1, 0.15) is 5.75 Å². The van der Waals surface area contributed by atoms with Gasteiger partial charge in [-0.05, 0) is 43.3 Å². The summed E-state index contributed by atoms with van der Waals surface area (Å²) in [5.74, 6) is 0.537. The maximum absolute atomic E-state index is 12.9. The molecule has 1 heterocycles. The fraction of sp³-hybridized carbons (Fsp3) is 0.316. The molecule has 1 atom stereocenters. The van der Waals surface area contributed by atoms with Crippen LogP contribution in [0.15, 0.2) is 59.5 Å². The largest absolute Gasteiger partial charge is 0.497 e. The van der Waals surface area contributed by atoms with Crippen molar-refractivity contribution in [3.05, 3.63) is 60.2 Å². The third-order valence-electron chi connectivity index (χ3n) is 4.57. The lowest BCUT2D eigenvalue weighted by Gasteiger charge is -2.39. The molecular formula is C19H22N2O4S. The Labute approximate surface area is 154 Å². The molecule has 1 fully saturated rings. The van der Waals surface area contributed by atoms with Crippen LogP contribution < -0.4 is 4.74 Å². The number of sulfonamides is 1. The number of amides is 1. The molecule has 2 aromatic carbocycles. The summed E-state index contributed by atoms with van der Waals surface area (Å²) in [5.41, 5.74) is 0.616. The van der Waals surface area contributed by atoms with E-state index in [0.29, 0.717) is 17.9 Å². The molecular weight excluding hydrogens is 352 g/mol. The topological polar surface area (TPSA) is 66.9 Å². The van der Waals surface area contributed by atoms with Crippen LogP contribution in [0.4, 0.5) is 0 Å². The SMILES string of the molecule is COc1ccc(S(=O)(=O)N2CCN(C(=O)c3ccccc3)[C@@H](C)C2)cc1. The lowest BCUT2D eigenvalue weighted by molar-refractivity contribution is 0.0591. The Morgan fingerprint density at radius 2 is 1.69 bits per heavy atom. The van der Waals surface area contributed by atoms with Crippen molar-refractivity contribution in [2.75, 3.05) is 26.7 Å².